The smallest absolute Gasteiger partial charge is 0.169 e. The molecule has 0 atom stereocenters. The van der Waals surface area contributed by atoms with Crippen molar-refractivity contribution in [1.29, 1.82) is 0 Å². The first kappa shape index (κ1) is 9.10. The molecule has 1 N–H and O–H groups in total. The van der Waals surface area contributed by atoms with Crippen LogP contribution in [0.3, 0.4) is 0 Å². The van der Waals surface area contributed by atoms with Gasteiger partial charge in [-0.1, -0.05) is 24.3 Å². The molecule has 15 heavy (non-hydrogen) atoms. The Bertz CT molecular complexity index is 405. The van der Waals surface area contributed by atoms with Gasteiger partial charge in [0.25, 0.3) is 0 Å². The van der Waals surface area contributed by atoms with Crippen LogP contribution in [0, 0.1) is 5.41 Å². The van der Waals surface area contributed by atoms with Crippen LogP contribution in [-0.2, 0) is 6.42 Å². The lowest BCUT2D eigenvalue weighted by Gasteiger charge is -2.31. The lowest BCUT2D eigenvalue weighted by Crippen LogP contribution is -2.40. The average Bonchev–Trinajstić information content (AvgIpc) is 2.54. The third-order valence-electron chi connectivity index (χ3n) is 3.83. The summed E-state index contributed by atoms with van der Waals surface area (Å²) in [5.41, 5.74) is 2.17. The van der Waals surface area contributed by atoms with E-state index in [1.807, 2.05) is 18.2 Å². The van der Waals surface area contributed by atoms with E-state index in [0.29, 0.717) is 5.78 Å². The van der Waals surface area contributed by atoms with Crippen molar-refractivity contribution in [1.82, 2.24) is 5.32 Å². The van der Waals surface area contributed by atoms with Crippen LogP contribution < -0.4 is 5.32 Å². The maximum atomic E-state index is 12.3. The Morgan fingerprint density at radius 1 is 1.13 bits per heavy atom. The van der Waals surface area contributed by atoms with Gasteiger partial charge in [0.05, 0.1) is 0 Å². The van der Waals surface area contributed by atoms with Crippen molar-refractivity contribution in [3.63, 3.8) is 0 Å². The molecule has 1 saturated heterocycles. The Morgan fingerprint density at radius 2 is 1.87 bits per heavy atom. The maximum absolute atomic E-state index is 12.3. The molecule has 1 aliphatic heterocycles. The van der Waals surface area contributed by atoms with Crippen LogP contribution in [0.25, 0.3) is 0 Å². The molecule has 1 aliphatic carbocycles. The van der Waals surface area contributed by atoms with Crippen molar-refractivity contribution in [2.45, 2.75) is 19.3 Å². The highest BCUT2D eigenvalue weighted by Gasteiger charge is 2.45. The predicted molar refractivity (Wildman–Crippen MR) is 59.0 cm³/mol. The van der Waals surface area contributed by atoms with E-state index in [1.54, 1.807) is 0 Å². The zero-order chi connectivity index (χ0) is 10.3. The zero-order valence-corrected chi connectivity index (χ0v) is 8.75. The highest BCUT2D eigenvalue weighted by molar-refractivity contribution is 6.05. The Labute approximate surface area is 89.7 Å². The van der Waals surface area contributed by atoms with Gasteiger partial charge in [0.1, 0.15) is 0 Å². The summed E-state index contributed by atoms with van der Waals surface area (Å²) in [4.78, 5) is 12.3. The van der Waals surface area contributed by atoms with Gasteiger partial charge in [-0.2, -0.15) is 0 Å². The van der Waals surface area contributed by atoms with Gasteiger partial charge in [-0.05, 0) is 37.9 Å². The van der Waals surface area contributed by atoms with Crippen LogP contribution in [0.15, 0.2) is 24.3 Å². The molecular formula is C13H15NO. The van der Waals surface area contributed by atoms with Crippen LogP contribution in [0.1, 0.15) is 28.8 Å². The largest absolute Gasteiger partial charge is 0.317 e. The standard InChI is InChI=1S/C13H15NO/c15-12-11-4-2-1-3-10(11)9-13(12)5-7-14-8-6-13/h1-4,14H,5-9H2. The summed E-state index contributed by atoms with van der Waals surface area (Å²) in [5, 5.41) is 3.33. The first-order valence-corrected chi connectivity index (χ1v) is 5.65. The van der Waals surface area contributed by atoms with E-state index in [-0.39, 0.29) is 5.41 Å². The Balaban J connectivity index is 2.01. The molecule has 1 aromatic rings. The normalized spacial score (nSPS) is 23.1. The summed E-state index contributed by atoms with van der Waals surface area (Å²) >= 11 is 0. The molecule has 1 aromatic carbocycles. The molecule has 0 radical (unpaired) electrons. The van der Waals surface area contributed by atoms with E-state index in [1.165, 1.54) is 5.56 Å². The molecule has 3 rings (SSSR count). The molecule has 2 nitrogen and oxygen atoms in total. The molecule has 78 valence electrons. The number of fused-ring (bicyclic) bond motifs is 1. The molecule has 0 saturated carbocycles. The molecule has 1 fully saturated rings. The Kier molecular flexibility index (Phi) is 1.93. The minimum absolute atomic E-state index is 0.0606. The molecule has 2 heteroatoms. The van der Waals surface area contributed by atoms with Gasteiger partial charge < -0.3 is 5.32 Å². The molecule has 0 unspecified atom stereocenters. The summed E-state index contributed by atoms with van der Waals surface area (Å²) in [6, 6.07) is 8.08. The number of benzene rings is 1. The molecule has 2 aliphatic rings. The van der Waals surface area contributed by atoms with E-state index < -0.39 is 0 Å². The fourth-order valence-electron chi connectivity index (χ4n) is 2.94. The zero-order valence-electron chi connectivity index (χ0n) is 8.75. The van der Waals surface area contributed by atoms with Gasteiger partial charge in [-0.15, -0.1) is 0 Å². The quantitative estimate of drug-likeness (QED) is 0.693. The fraction of sp³-hybridized carbons (Fsp3) is 0.462. The number of nitrogens with one attached hydrogen (secondary N) is 1. The van der Waals surface area contributed by atoms with Gasteiger partial charge in [0, 0.05) is 11.0 Å². The second-order valence-electron chi connectivity index (χ2n) is 4.69. The van der Waals surface area contributed by atoms with Crippen LogP contribution in [-0.4, -0.2) is 18.9 Å². The van der Waals surface area contributed by atoms with Crippen molar-refractivity contribution in [2.75, 3.05) is 13.1 Å². The minimum Gasteiger partial charge on any atom is -0.317 e. The van der Waals surface area contributed by atoms with Gasteiger partial charge in [-0.3, -0.25) is 4.79 Å². The third kappa shape index (κ3) is 1.25. The molecule has 1 spiro atoms. The second kappa shape index (κ2) is 3.17. The molecule has 0 aromatic heterocycles. The monoisotopic (exact) mass is 201 g/mol. The predicted octanol–water partition coefficient (Wildman–Crippen LogP) is 1.80. The lowest BCUT2D eigenvalue weighted by molar-refractivity contribution is 0.0762. The Hall–Kier alpha value is -1.15. The SMILES string of the molecule is O=C1c2ccccc2CC12CCNCC2. The van der Waals surface area contributed by atoms with E-state index in [4.69, 9.17) is 0 Å². The second-order valence-corrected chi connectivity index (χ2v) is 4.69. The van der Waals surface area contributed by atoms with E-state index in [0.717, 1.165) is 37.9 Å². The number of piperidine rings is 1. The summed E-state index contributed by atoms with van der Waals surface area (Å²) in [6.07, 6.45) is 2.96. The first-order chi connectivity index (χ1) is 7.32. The Morgan fingerprint density at radius 3 is 2.60 bits per heavy atom. The highest BCUT2D eigenvalue weighted by atomic mass is 16.1. The average molecular weight is 201 g/mol. The number of hydrogen-bond acceptors (Lipinski definition) is 2. The van der Waals surface area contributed by atoms with Crippen LogP contribution in [0.2, 0.25) is 0 Å². The topological polar surface area (TPSA) is 29.1 Å². The number of carbonyl (C=O) groups is 1. The van der Waals surface area contributed by atoms with Gasteiger partial charge in [-0.25, -0.2) is 0 Å². The summed E-state index contributed by atoms with van der Waals surface area (Å²) < 4.78 is 0. The van der Waals surface area contributed by atoms with Gasteiger partial charge in [0.15, 0.2) is 5.78 Å². The molecule has 0 amide bonds. The lowest BCUT2D eigenvalue weighted by atomic mass is 9.75. The van der Waals surface area contributed by atoms with Crippen LogP contribution in [0.4, 0.5) is 0 Å². The summed E-state index contributed by atoms with van der Waals surface area (Å²) in [5.74, 6) is 0.389. The minimum atomic E-state index is -0.0606. The number of ketones is 1. The number of rotatable bonds is 0. The van der Waals surface area contributed by atoms with Crippen molar-refractivity contribution < 1.29 is 4.79 Å². The van der Waals surface area contributed by atoms with Crippen molar-refractivity contribution in [3.8, 4) is 0 Å². The maximum Gasteiger partial charge on any atom is 0.169 e. The number of hydrogen-bond donors (Lipinski definition) is 1. The number of Topliss-reactive ketones (excluding diaryl/α,β-unsaturated/α-hetero) is 1. The van der Waals surface area contributed by atoms with E-state index in [9.17, 15) is 4.79 Å². The molecular weight excluding hydrogens is 186 g/mol. The van der Waals surface area contributed by atoms with Gasteiger partial charge >= 0.3 is 0 Å². The number of carbonyl (C=O) groups excluding carboxylic acids is 1. The summed E-state index contributed by atoms with van der Waals surface area (Å²) in [6.45, 7) is 1.97. The highest BCUT2D eigenvalue weighted by Crippen LogP contribution is 2.42. The van der Waals surface area contributed by atoms with Crippen molar-refractivity contribution in [2.24, 2.45) is 5.41 Å². The van der Waals surface area contributed by atoms with Crippen molar-refractivity contribution >= 4 is 5.78 Å². The molecule has 1 heterocycles. The molecule has 0 bridgehead atoms. The van der Waals surface area contributed by atoms with Crippen molar-refractivity contribution in [3.05, 3.63) is 35.4 Å². The van der Waals surface area contributed by atoms with Crippen LogP contribution >= 0.6 is 0 Å². The van der Waals surface area contributed by atoms with Crippen LogP contribution in [0.5, 0.6) is 0 Å². The summed E-state index contributed by atoms with van der Waals surface area (Å²) in [7, 11) is 0. The van der Waals surface area contributed by atoms with E-state index >= 15 is 0 Å². The first-order valence-electron chi connectivity index (χ1n) is 5.65. The third-order valence-corrected chi connectivity index (χ3v) is 3.83. The van der Waals surface area contributed by atoms with Gasteiger partial charge in [0.2, 0.25) is 0 Å². The fourth-order valence-corrected chi connectivity index (χ4v) is 2.94. The van der Waals surface area contributed by atoms with E-state index in [2.05, 4.69) is 11.4 Å².